The van der Waals surface area contributed by atoms with Crippen LogP contribution in [0.3, 0.4) is 0 Å². The first-order valence-electron chi connectivity index (χ1n) is 11.8. The van der Waals surface area contributed by atoms with Gasteiger partial charge in [-0.25, -0.2) is 0 Å². The van der Waals surface area contributed by atoms with Gasteiger partial charge in [-0.3, -0.25) is 4.79 Å². The van der Waals surface area contributed by atoms with Gasteiger partial charge < -0.3 is 10.6 Å². The number of benzene rings is 3. The molecule has 2 fully saturated rings. The van der Waals surface area contributed by atoms with Crippen LogP contribution in [0.25, 0.3) is 0 Å². The zero-order valence-corrected chi connectivity index (χ0v) is 18.5. The van der Waals surface area contributed by atoms with Crippen molar-refractivity contribution in [1.29, 1.82) is 0 Å². The highest BCUT2D eigenvalue weighted by molar-refractivity contribution is 6.04. The lowest BCUT2D eigenvalue weighted by Crippen LogP contribution is -2.35. The lowest BCUT2D eigenvalue weighted by molar-refractivity contribution is -0.137. The Bertz CT molecular complexity index is 1220. The molecule has 6 rings (SSSR count). The van der Waals surface area contributed by atoms with Crippen LogP contribution in [0.2, 0.25) is 0 Å². The number of carbonyl (C=O) groups excluding carboxylic acids is 1. The number of hydrogen-bond acceptors (Lipinski definition) is 2. The van der Waals surface area contributed by atoms with Gasteiger partial charge in [-0.2, -0.15) is 13.2 Å². The number of anilines is 2. The second-order valence-corrected chi connectivity index (χ2v) is 9.80. The summed E-state index contributed by atoms with van der Waals surface area (Å²) in [5.41, 5.74) is 3.72. The van der Waals surface area contributed by atoms with E-state index in [0.29, 0.717) is 34.9 Å². The summed E-state index contributed by atoms with van der Waals surface area (Å²) in [6.07, 6.45) is -0.667. The summed E-state index contributed by atoms with van der Waals surface area (Å²) in [6, 6.07) is 21.2. The number of halogens is 3. The van der Waals surface area contributed by atoms with Crippen molar-refractivity contribution in [3.8, 4) is 0 Å². The lowest BCUT2D eigenvalue weighted by Gasteiger charge is -2.43. The van der Waals surface area contributed by atoms with E-state index < -0.39 is 11.7 Å². The summed E-state index contributed by atoms with van der Waals surface area (Å²) in [5.74, 6) is 1.93. The molecule has 0 unspecified atom stereocenters. The molecule has 0 radical (unpaired) electrons. The molecule has 1 amide bonds. The number of rotatable bonds is 3. The van der Waals surface area contributed by atoms with Crippen LogP contribution in [0.15, 0.2) is 72.8 Å². The molecule has 2 N–H and O–H groups in total. The number of hydrogen-bond donors (Lipinski definition) is 2. The number of amides is 1. The van der Waals surface area contributed by atoms with Gasteiger partial charge in [0, 0.05) is 16.9 Å². The molecule has 6 heteroatoms. The smallest absolute Gasteiger partial charge is 0.378 e. The van der Waals surface area contributed by atoms with Crippen molar-refractivity contribution in [2.24, 2.45) is 17.8 Å². The molecule has 34 heavy (non-hydrogen) atoms. The SMILES string of the molecule is O=C(Nc1ccc(C(F)(F)F)cc1)c1ccc2c(c1)[C@@H]1[C@H]3CC[C@@H](C3)[C@@H]1[C@H](c1ccccc1)N2. The zero-order chi connectivity index (χ0) is 23.4. The average Bonchev–Trinajstić information content (AvgIpc) is 3.46. The zero-order valence-electron chi connectivity index (χ0n) is 18.5. The number of nitrogens with one attached hydrogen (secondary N) is 2. The Kier molecular flexibility index (Phi) is 4.94. The van der Waals surface area contributed by atoms with E-state index >= 15 is 0 Å². The molecule has 2 saturated carbocycles. The fraction of sp³-hybridized carbons (Fsp3) is 0.321. The minimum absolute atomic E-state index is 0.265. The van der Waals surface area contributed by atoms with E-state index in [1.807, 2.05) is 18.2 Å². The molecule has 0 spiro atoms. The predicted molar refractivity (Wildman–Crippen MR) is 126 cm³/mol. The Morgan fingerprint density at radius 2 is 1.65 bits per heavy atom. The number of alkyl halides is 3. The first-order chi connectivity index (χ1) is 16.4. The molecule has 3 aromatic rings. The minimum atomic E-state index is -4.40. The van der Waals surface area contributed by atoms with E-state index in [4.69, 9.17) is 0 Å². The summed E-state index contributed by atoms with van der Waals surface area (Å²) < 4.78 is 38.5. The first kappa shape index (κ1) is 21.3. The summed E-state index contributed by atoms with van der Waals surface area (Å²) in [6.45, 7) is 0. The maximum Gasteiger partial charge on any atom is 0.416 e. The van der Waals surface area contributed by atoms with Gasteiger partial charge in [0.15, 0.2) is 0 Å². The van der Waals surface area contributed by atoms with Crippen LogP contribution in [0, 0.1) is 17.8 Å². The standard InChI is InChI=1S/C28H25F3N2O/c29-28(30,31)20-9-11-21(12-10-20)32-27(34)19-8-13-23-22(15-19)24-17-6-7-18(14-17)25(24)26(33-23)16-4-2-1-3-5-16/h1-5,8-13,15,17-18,24-26,33H,6-7,14H2,(H,32,34)/t17-,18-,24-,25-,26-/m0/s1. The van der Waals surface area contributed by atoms with E-state index in [0.717, 1.165) is 17.8 Å². The predicted octanol–water partition coefficient (Wildman–Crippen LogP) is 7.25. The fourth-order valence-corrected chi connectivity index (χ4v) is 6.56. The van der Waals surface area contributed by atoms with Crippen molar-refractivity contribution >= 4 is 17.3 Å². The second-order valence-electron chi connectivity index (χ2n) is 9.80. The molecule has 3 aliphatic rings. The van der Waals surface area contributed by atoms with E-state index in [9.17, 15) is 18.0 Å². The maximum atomic E-state index is 13.0. The van der Waals surface area contributed by atoms with Crippen LogP contribution in [-0.2, 0) is 6.18 Å². The molecule has 0 saturated heterocycles. The summed E-state index contributed by atoms with van der Waals surface area (Å²) in [7, 11) is 0. The van der Waals surface area contributed by atoms with Gasteiger partial charge >= 0.3 is 6.18 Å². The number of fused-ring (bicyclic) bond motifs is 7. The third kappa shape index (κ3) is 3.56. The topological polar surface area (TPSA) is 41.1 Å². The van der Waals surface area contributed by atoms with Gasteiger partial charge in [0.05, 0.1) is 11.6 Å². The quantitative estimate of drug-likeness (QED) is 0.430. The van der Waals surface area contributed by atoms with Crippen molar-refractivity contribution in [1.82, 2.24) is 0 Å². The molecule has 2 bridgehead atoms. The number of carbonyl (C=O) groups is 1. The van der Waals surface area contributed by atoms with Crippen LogP contribution in [-0.4, -0.2) is 5.91 Å². The van der Waals surface area contributed by atoms with E-state index in [2.05, 4.69) is 34.9 Å². The molecule has 0 aromatic heterocycles. The Hall–Kier alpha value is -3.28. The molecular weight excluding hydrogens is 437 g/mol. The van der Waals surface area contributed by atoms with E-state index in [1.54, 1.807) is 6.07 Å². The monoisotopic (exact) mass is 462 g/mol. The summed E-state index contributed by atoms with van der Waals surface area (Å²) >= 11 is 0. The van der Waals surface area contributed by atoms with Gasteiger partial charge in [0.2, 0.25) is 0 Å². The highest BCUT2D eigenvalue weighted by Crippen LogP contribution is 2.63. The molecule has 3 nitrogen and oxygen atoms in total. The van der Waals surface area contributed by atoms with Crippen LogP contribution in [0.5, 0.6) is 0 Å². The van der Waals surface area contributed by atoms with Crippen molar-refractivity contribution in [3.05, 3.63) is 95.1 Å². The largest absolute Gasteiger partial charge is 0.416 e. The second kappa shape index (κ2) is 7.90. The Morgan fingerprint density at radius 3 is 2.38 bits per heavy atom. The van der Waals surface area contributed by atoms with Crippen LogP contribution in [0.1, 0.15) is 58.3 Å². The van der Waals surface area contributed by atoms with Gasteiger partial charge in [-0.15, -0.1) is 0 Å². The first-order valence-corrected chi connectivity index (χ1v) is 11.8. The summed E-state index contributed by atoms with van der Waals surface area (Å²) in [5, 5.41) is 6.51. The van der Waals surface area contributed by atoms with Crippen molar-refractivity contribution in [3.63, 3.8) is 0 Å². The highest BCUT2D eigenvalue weighted by Gasteiger charge is 2.53. The van der Waals surface area contributed by atoms with Crippen molar-refractivity contribution < 1.29 is 18.0 Å². The van der Waals surface area contributed by atoms with E-state index in [-0.39, 0.29) is 11.9 Å². The maximum absolute atomic E-state index is 13.0. The molecule has 3 aromatic carbocycles. The molecule has 1 heterocycles. The minimum Gasteiger partial charge on any atom is -0.378 e. The highest BCUT2D eigenvalue weighted by atomic mass is 19.4. The third-order valence-electron chi connectivity index (χ3n) is 7.98. The molecule has 174 valence electrons. The van der Waals surface area contributed by atoms with Crippen molar-refractivity contribution in [2.45, 2.75) is 37.4 Å². The van der Waals surface area contributed by atoms with Crippen LogP contribution < -0.4 is 10.6 Å². The Morgan fingerprint density at radius 1 is 0.912 bits per heavy atom. The molecular formula is C28H25F3N2O. The molecule has 1 aliphatic heterocycles. The average molecular weight is 463 g/mol. The van der Waals surface area contributed by atoms with E-state index in [1.165, 1.54) is 42.5 Å². The van der Waals surface area contributed by atoms with Crippen LogP contribution in [0.4, 0.5) is 24.5 Å². The van der Waals surface area contributed by atoms with Crippen molar-refractivity contribution in [2.75, 3.05) is 10.6 Å². The van der Waals surface area contributed by atoms with Gasteiger partial charge in [-0.1, -0.05) is 30.3 Å². The fourth-order valence-electron chi connectivity index (χ4n) is 6.56. The third-order valence-corrected chi connectivity index (χ3v) is 7.98. The molecule has 5 atom stereocenters. The lowest BCUT2D eigenvalue weighted by atomic mass is 9.68. The van der Waals surface area contributed by atoms with Crippen LogP contribution >= 0.6 is 0 Å². The normalized spacial score (nSPS) is 27.0. The van der Waals surface area contributed by atoms with Gasteiger partial charge in [0.1, 0.15) is 0 Å². The summed E-state index contributed by atoms with van der Waals surface area (Å²) in [4.78, 5) is 13.0. The van der Waals surface area contributed by atoms with Gasteiger partial charge in [0.25, 0.3) is 5.91 Å². The Balaban J connectivity index is 1.29. The molecule has 2 aliphatic carbocycles. The Labute approximate surface area is 196 Å². The van der Waals surface area contributed by atoms with Gasteiger partial charge in [-0.05, 0) is 96.5 Å².